The summed E-state index contributed by atoms with van der Waals surface area (Å²) in [5.41, 5.74) is 6.00. The van der Waals surface area contributed by atoms with Crippen LogP contribution in [0.1, 0.15) is 11.3 Å². The summed E-state index contributed by atoms with van der Waals surface area (Å²) in [6.45, 7) is 1.59. The number of anilines is 1. The molecule has 102 valence electrons. The molecule has 0 fully saturated rings. The molecule has 0 aliphatic heterocycles. The molecule has 9 nitrogen and oxygen atoms in total. The molecule has 0 radical (unpaired) electrons. The number of rotatable bonds is 4. The SMILES string of the molecule is Cc1[nH]ncc1S(=O)(=O)Nc1c(C(=N)N)cnn1C. The van der Waals surface area contributed by atoms with Crippen LogP contribution >= 0.6 is 0 Å². The summed E-state index contributed by atoms with van der Waals surface area (Å²) in [6.07, 6.45) is 2.53. The quantitative estimate of drug-likeness (QED) is 0.443. The van der Waals surface area contributed by atoms with Gasteiger partial charge in [-0.25, -0.2) is 8.42 Å². The number of hydrogen-bond donors (Lipinski definition) is 4. The number of nitrogens with zero attached hydrogens (tertiary/aromatic N) is 3. The van der Waals surface area contributed by atoms with E-state index in [1.54, 1.807) is 14.0 Å². The van der Waals surface area contributed by atoms with Crippen LogP contribution in [0.25, 0.3) is 0 Å². The van der Waals surface area contributed by atoms with E-state index in [1.165, 1.54) is 17.1 Å². The molecule has 0 spiro atoms. The van der Waals surface area contributed by atoms with Crippen LogP contribution in [-0.2, 0) is 17.1 Å². The fraction of sp³-hybridized carbons (Fsp3) is 0.222. The minimum absolute atomic E-state index is 0.0307. The Morgan fingerprint density at radius 1 is 1.53 bits per heavy atom. The van der Waals surface area contributed by atoms with Gasteiger partial charge < -0.3 is 5.73 Å². The van der Waals surface area contributed by atoms with Crippen molar-refractivity contribution in [2.75, 3.05) is 4.72 Å². The predicted octanol–water partition coefficient (Wildman–Crippen LogP) is -0.464. The summed E-state index contributed by atoms with van der Waals surface area (Å²) in [5.74, 6) is -0.136. The van der Waals surface area contributed by atoms with Crippen molar-refractivity contribution in [2.24, 2.45) is 12.8 Å². The number of aromatic nitrogens is 4. The first kappa shape index (κ1) is 13.1. The number of nitrogens with two attached hydrogens (primary N) is 1. The molecule has 0 amide bonds. The molecule has 0 aliphatic carbocycles. The van der Waals surface area contributed by atoms with Crippen LogP contribution in [0.15, 0.2) is 17.3 Å². The predicted molar refractivity (Wildman–Crippen MR) is 68.4 cm³/mol. The Hall–Kier alpha value is -2.36. The molecule has 2 rings (SSSR count). The van der Waals surface area contributed by atoms with E-state index in [9.17, 15) is 8.42 Å². The molecule has 2 aromatic heterocycles. The van der Waals surface area contributed by atoms with E-state index in [1.807, 2.05) is 0 Å². The second-order valence-corrected chi connectivity index (χ2v) is 5.56. The van der Waals surface area contributed by atoms with Gasteiger partial charge in [-0.3, -0.25) is 19.9 Å². The van der Waals surface area contributed by atoms with Crippen molar-refractivity contribution in [1.29, 1.82) is 5.41 Å². The van der Waals surface area contributed by atoms with Crippen LogP contribution < -0.4 is 10.5 Å². The number of aromatic amines is 1. The van der Waals surface area contributed by atoms with E-state index in [4.69, 9.17) is 11.1 Å². The first-order valence-corrected chi connectivity index (χ1v) is 6.70. The molecule has 0 unspecified atom stereocenters. The Morgan fingerprint density at radius 3 is 2.74 bits per heavy atom. The van der Waals surface area contributed by atoms with Crippen LogP contribution in [0.5, 0.6) is 0 Å². The lowest BCUT2D eigenvalue weighted by Crippen LogP contribution is -2.20. The largest absolute Gasteiger partial charge is 0.384 e. The molecule has 0 saturated heterocycles. The fourth-order valence-electron chi connectivity index (χ4n) is 1.55. The standard InChI is InChI=1S/C9H13N7O2S/c1-5-7(4-12-14-5)19(17,18)15-9-6(8(10)11)3-13-16(9)2/h3-4,15H,1-2H3,(H3,10,11)(H,12,14). The normalized spacial score (nSPS) is 11.5. The average molecular weight is 283 g/mol. The van der Waals surface area contributed by atoms with Gasteiger partial charge in [-0.2, -0.15) is 10.2 Å². The number of hydrogen-bond acceptors (Lipinski definition) is 5. The highest BCUT2D eigenvalue weighted by atomic mass is 32.2. The summed E-state index contributed by atoms with van der Waals surface area (Å²) in [4.78, 5) is 0.0307. The van der Waals surface area contributed by atoms with Crippen molar-refractivity contribution < 1.29 is 8.42 Å². The lowest BCUT2D eigenvalue weighted by molar-refractivity contribution is 0.599. The number of nitrogen functional groups attached to an aromatic ring is 1. The molecule has 0 atom stereocenters. The minimum atomic E-state index is -3.81. The van der Waals surface area contributed by atoms with E-state index in [2.05, 4.69) is 20.0 Å². The number of nitrogens with one attached hydrogen (secondary N) is 3. The van der Waals surface area contributed by atoms with Crippen molar-refractivity contribution in [2.45, 2.75) is 11.8 Å². The Labute approximate surface area is 109 Å². The summed E-state index contributed by atoms with van der Waals surface area (Å²) in [5, 5.41) is 17.5. The van der Waals surface area contributed by atoms with E-state index in [-0.39, 0.29) is 22.1 Å². The smallest absolute Gasteiger partial charge is 0.266 e. The highest BCUT2D eigenvalue weighted by molar-refractivity contribution is 7.92. The van der Waals surface area contributed by atoms with Crippen molar-refractivity contribution in [1.82, 2.24) is 20.0 Å². The molecule has 0 aliphatic rings. The number of amidine groups is 1. The van der Waals surface area contributed by atoms with E-state index in [0.29, 0.717) is 5.69 Å². The van der Waals surface area contributed by atoms with Gasteiger partial charge in [0.25, 0.3) is 10.0 Å². The van der Waals surface area contributed by atoms with Gasteiger partial charge in [0, 0.05) is 7.05 Å². The summed E-state index contributed by atoms with van der Waals surface area (Å²) < 4.78 is 28.0. The van der Waals surface area contributed by atoms with Gasteiger partial charge in [0.15, 0.2) is 0 Å². The highest BCUT2D eigenvalue weighted by Crippen LogP contribution is 2.20. The van der Waals surface area contributed by atoms with E-state index < -0.39 is 10.0 Å². The molecular weight excluding hydrogens is 270 g/mol. The molecule has 0 saturated carbocycles. The zero-order chi connectivity index (χ0) is 14.2. The first-order valence-electron chi connectivity index (χ1n) is 5.22. The molecule has 5 N–H and O–H groups in total. The Balaban J connectivity index is 2.45. The third-order valence-corrected chi connectivity index (χ3v) is 3.99. The second kappa shape index (κ2) is 4.39. The zero-order valence-electron chi connectivity index (χ0n) is 10.3. The van der Waals surface area contributed by atoms with E-state index in [0.717, 1.165) is 0 Å². The molecule has 10 heteroatoms. The van der Waals surface area contributed by atoms with Gasteiger partial charge in [-0.05, 0) is 6.92 Å². The van der Waals surface area contributed by atoms with Gasteiger partial charge in [0.1, 0.15) is 16.5 Å². The van der Waals surface area contributed by atoms with Gasteiger partial charge in [0.2, 0.25) is 0 Å². The zero-order valence-corrected chi connectivity index (χ0v) is 11.1. The van der Waals surface area contributed by atoms with Crippen LogP contribution in [-0.4, -0.2) is 34.2 Å². The molecular formula is C9H13N7O2S. The molecule has 2 aromatic rings. The topological polar surface area (TPSA) is 143 Å². The number of H-pyrrole nitrogens is 1. The summed E-state index contributed by atoms with van der Waals surface area (Å²) in [6, 6.07) is 0. The van der Waals surface area contributed by atoms with Gasteiger partial charge >= 0.3 is 0 Å². The maximum atomic E-state index is 12.2. The molecule has 2 heterocycles. The molecule has 0 aromatic carbocycles. The van der Waals surface area contributed by atoms with Crippen LogP contribution in [0.3, 0.4) is 0 Å². The monoisotopic (exact) mass is 283 g/mol. The highest BCUT2D eigenvalue weighted by Gasteiger charge is 2.22. The maximum Gasteiger partial charge on any atom is 0.266 e. The summed E-state index contributed by atoms with van der Waals surface area (Å²) >= 11 is 0. The Bertz CT molecular complexity index is 728. The van der Waals surface area contributed by atoms with E-state index >= 15 is 0 Å². The number of aryl methyl sites for hydroxylation is 2. The molecule has 19 heavy (non-hydrogen) atoms. The Kier molecular flexibility index (Phi) is 3.02. The lowest BCUT2D eigenvalue weighted by Gasteiger charge is -2.09. The number of sulfonamides is 1. The third-order valence-electron chi connectivity index (χ3n) is 2.53. The minimum Gasteiger partial charge on any atom is -0.384 e. The van der Waals surface area contributed by atoms with Crippen LogP contribution in [0.2, 0.25) is 0 Å². The Morgan fingerprint density at radius 2 is 2.21 bits per heavy atom. The van der Waals surface area contributed by atoms with Gasteiger partial charge in [-0.15, -0.1) is 0 Å². The lowest BCUT2D eigenvalue weighted by atomic mass is 10.3. The first-order chi connectivity index (χ1) is 8.83. The van der Waals surface area contributed by atoms with Crippen molar-refractivity contribution in [3.05, 3.63) is 23.7 Å². The maximum absolute atomic E-state index is 12.2. The average Bonchev–Trinajstić information content (AvgIpc) is 2.86. The summed E-state index contributed by atoms with van der Waals surface area (Å²) in [7, 11) is -2.26. The fourth-order valence-corrected chi connectivity index (χ4v) is 2.80. The van der Waals surface area contributed by atoms with Crippen LogP contribution in [0, 0.1) is 12.3 Å². The van der Waals surface area contributed by atoms with Gasteiger partial charge in [-0.1, -0.05) is 0 Å². The second-order valence-electron chi connectivity index (χ2n) is 3.91. The van der Waals surface area contributed by atoms with Crippen molar-refractivity contribution in [3.63, 3.8) is 0 Å². The van der Waals surface area contributed by atoms with Crippen LogP contribution in [0.4, 0.5) is 5.82 Å². The third kappa shape index (κ3) is 2.29. The molecule has 0 bridgehead atoms. The van der Waals surface area contributed by atoms with Crippen molar-refractivity contribution in [3.8, 4) is 0 Å². The van der Waals surface area contributed by atoms with Gasteiger partial charge in [0.05, 0.1) is 23.7 Å². The van der Waals surface area contributed by atoms with Crippen molar-refractivity contribution >= 4 is 21.7 Å².